The lowest BCUT2D eigenvalue weighted by atomic mass is 10.1. The van der Waals surface area contributed by atoms with Gasteiger partial charge in [0.05, 0.1) is 11.5 Å². The highest BCUT2D eigenvalue weighted by atomic mass is 16.4. The Bertz CT molecular complexity index is 475. The summed E-state index contributed by atoms with van der Waals surface area (Å²) in [7, 11) is 0. The molecule has 1 fully saturated rings. The van der Waals surface area contributed by atoms with E-state index in [1.165, 1.54) is 0 Å². The molecule has 1 aromatic heterocycles. The number of carboxylic acids is 1. The molecule has 6 heteroatoms. The molecule has 0 aliphatic heterocycles. The van der Waals surface area contributed by atoms with E-state index < -0.39 is 11.9 Å². The number of amides is 1. The second-order valence-electron chi connectivity index (χ2n) is 4.45. The quantitative estimate of drug-likeness (QED) is 0.733. The Hall–Kier alpha value is -2.11. The minimum absolute atomic E-state index is 0.0269. The zero-order valence-electron chi connectivity index (χ0n) is 9.80. The van der Waals surface area contributed by atoms with Crippen molar-refractivity contribution in [2.45, 2.75) is 25.3 Å². The standard InChI is InChI=1S/C12H15N3O3/c13-10(16)9-2-1-5-14-11(9)15-8-4-3-7(6-8)12(17)18/h1-2,5,7-8H,3-4,6H2,(H2,13,16)(H,14,15)(H,17,18)/t7-,8+/m1/s1. The molecule has 96 valence electrons. The number of hydrogen-bond donors (Lipinski definition) is 3. The van der Waals surface area contributed by atoms with Crippen LogP contribution in [0, 0.1) is 5.92 Å². The lowest BCUT2D eigenvalue weighted by Gasteiger charge is -2.14. The molecule has 0 saturated heterocycles. The van der Waals surface area contributed by atoms with Crippen molar-refractivity contribution in [1.29, 1.82) is 0 Å². The molecule has 0 bridgehead atoms. The molecular weight excluding hydrogens is 234 g/mol. The third kappa shape index (κ3) is 2.58. The average Bonchev–Trinajstić information content (AvgIpc) is 2.78. The molecule has 1 amide bonds. The van der Waals surface area contributed by atoms with E-state index in [4.69, 9.17) is 10.8 Å². The maximum absolute atomic E-state index is 11.2. The minimum Gasteiger partial charge on any atom is -0.481 e. The van der Waals surface area contributed by atoms with Crippen LogP contribution in [0.3, 0.4) is 0 Å². The largest absolute Gasteiger partial charge is 0.481 e. The average molecular weight is 249 g/mol. The normalized spacial score (nSPS) is 22.7. The predicted molar refractivity (Wildman–Crippen MR) is 65.1 cm³/mol. The minimum atomic E-state index is -0.768. The van der Waals surface area contributed by atoms with Crippen molar-refractivity contribution < 1.29 is 14.7 Å². The van der Waals surface area contributed by atoms with E-state index in [9.17, 15) is 9.59 Å². The number of primary amides is 1. The van der Waals surface area contributed by atoms with Crippen LogP contribution in [0.15, 0.2) is 18.3 Å². The Morgan fingerprint density at radius 2 is 2.22 bits per heavy atom. The van der Waals surface area contributed by atoms with Gasteiger partial charge in [0.15, 0.2) is 0 Å². The molecule has 0 spiro atoms. The molecule has 1 saturated carbocycles. The second-order valence-corrected chi connectivity index (χ2v) is 4.45. The van der Waals surface area contributed by atoms with E-state index in [0.29, 0.717) is 24.2 Å². The second kappa shape index (κ2) is 5.03. The number of carbonyl (C=O) groups is 2. The van der Waals surface area contributed by atoms with Crippen LogP contribution in [0.2, 0.25) is 0 Å². The van der Waals surface area contributed by atoms with E-state index in [-0.39, 0.29) is 12.0 Å². The van der Waals surface area contributed by atoms with Crippen molar-refractivity contribution in [3.05, 3.63) is 23.9 Å². The first-order valence-electron chi connectivity index (χ1n) is 5.82. The molecule has 0 aromatic carbocycles. The van der Waals surface area contributed by atoms with Crippen LogP contribution in [-0.4, -0.2) is 28.0 Å². The Balaban J connectivity index is 2.07. The van der Waals surface area contributed by atoms with Crippen molar-refractivity contribution >= 4 is 17.7 Å². The van der Waals surface area contributed by atoms with Crippen LogP contribution in [-0.2, 0) is 4.79 Å². The maximum Gasteiger partial charge on any atom is 0.306 e. The Morgan fingerprint density at radius 3 is 2.83 bits per heavy atom. The molecule has 1 heterocycles. The van der Waals surface area contributed by atoms with E-state index in [0.717, 1.165) is 6.42 Å². The number of aliphatic carboxylic acids is 1. The fraction of sp³-hybridized carbons (Fsp3) is 0.417. The first kappa shape index (κ1) is 12.3. The highest BCUT2D eigenvalue weighted by Crippen LogP contribution is 2.28. The summed E-state index contributed by atoms with van der Waals surface area (Å²) in [6.45, 7) is 0. The van der Waals surface area contributed by atoms with Crippen LogP contribution in [0.1, 0.15) is 29.6 Å². The summed E-state index contributed by atoms with van der Waals surface area (Å²) in [6.07, 6.45) is 3.51. The smallest absolute Gasteiger partial charge is 0.306 e. The number of carboxylic acid groups (broad SMARTS) is 1. The first-order chi connectivity index (χ1) is 8.58. The summed E-state index contributed by atoms with van der Waals surface area (Å²) in [4.78, 5) is 26.1. The van der Waals surface area contributed by atoms with Crippen LogP contribution in [0.25, 0.3) is 0 Å². The number of carbonyl (C=O) groups excluding carboxylic acids is 1. The van der Waals surface area contributed by atoms with E-state index >= 15 is 0 Å². The van der Waals surface area contributed by atoms with Crippen LogP contribution < -0.4 is 11.1 Å². The van der Waals surface area contributed by atoms with Crippen molar-refractivity contribution in [2.24, 2.45) is 11.7 Å². The van der Waals surface area contributed by atoms with Crippen LogP contribution >= 0.6 is 0 Å². The third-order valence-electron chi connectivity index (χ3n) is 3.20. The van der Waals surface area contributed by atoms with Gasteiger partial charge in [-0.2, -0.15) is 0 Å². The van der Waals surface area contributed by atoms with Gasteiger partial charge in [0.1, 0.15) is 5.82 Å². The van der Waals surface area contributed by atoms with Gasteiger partial charge in [0, 0.05) is 12.2 Å². The Morgan fingerprint density at radius 1 is 1.44 bits per heavy atom. The number of nitrogens with one attached hydrogen (secondary N) is 1. The summed E-state index contributed by atoms with van der Waals surface area (Å²) >= 11 is 0. The van der Waals surface area contributed by atoms with E-state index in [2.05, 4.69) is 10.3 Å². The monoisotopic (exact) mass is 249 g/mol. The van der Waals surface area contributed by atoms with Gasteiger partial charge in [0.2, 0.25) is 0 Å². The molecule has 2 rings (SSSR count). The summed E-state index contributed by atoms with van der Waals surface area (Å²) in [5.74, 6) is -1.20. The van der Waals surface area contributed by atoms with Gasteiger partial charge in [-0.05, 0) is 31.4 Å². The lowest BCUT2D eigenvalue weighted by Crippen LogP contribution is -2.22. The summed E-state index contributed by atoms with van der Waals surface area (Å²) in [5, 5.41) is 12.0. The van der Waals surface area contributed by atoms with E-state index in [1.807, 2.05) is 0 Å². The highest BCUT2D eigenvalue weighted by molar-refractivity contribution is 5.97. The molecule has 2 atom stereocenters. The van der Waals surface area contributed by atoms with Crippen LogP contribution in [0.5, 0.6) is 0 Å². The van der Waals surface area contributed by atoms with Gasteiger partial charge in [-0.1, -0.05) is 0 Å². The van der Waals surface area contributed by atoms with Gasteiger partial charge in [0.25, 0.3) is 5.91 Å². The first-order valence-corrected chi connectivity index (χ1v) is 5.82. The summed E-state index contributed by atoms with van der Waals surface area (Å²) < 4.78 is 0. The molecule has 0 unspecified atom stereocenters. The van der Waals surface area contributed by atoms with Gasteiger partial charge < -0.3 is 16.2 Å². The highest BCUT2D eigenvalue weighted by Gasteiger charge is 2.30. The van der Waals surface area contributed by atoms with Crippen molar-refractivity contribution in [2.75, 3.05) is 5.32 Å². The number of hydrogen-bond acceptors (Lipinski definition) is 4. The Kier molecular flexibility index (Phi) is 3.45. The molecule has 1 aromatic rings. The molecule has 0 radical (unpaired) electrons. The topological polar surface area (TPSA) is 105 Å². The fourth-order valence-corrected chi connectivity index (χ4v) is 2.25. The fourth-order valence-electron chi connectivity index (χ4n) is 2.25. The number of anilines is 1. The number of rotatable bonds is 4. The van der Waals surface area contributed by atoms with Crippen molar-refractivity contribution in [3.8, 4) is 0 Å². The van der Waals surface area contributed by atoms with Crippen molar-refractivity contribution in [3.63, 3.8) is 0 Å². The SMILES string of the molecule is NC(=O)c1cccnc1N[C@H]1CC[C@@H](C(=O)O)C1. The molecule has 4 N–H and O–H groups in total. The number of nitrogens with two attached hydrogens (primary N) is 1. The molecular formula is C12H15N3O3. The maximum atomic E-state index is 11.2. The van der Waals surface area contributed by atoms with E-state index in [1.54, 1.807) is 18.3 Å². The number of aromatic nitrogens is 1. The number of pyridine rings is 1. The molecule has 1 aliphatic carbocycles. The Labute approximate surface area is 104 Å². The van der Waals surface area contributed by atoms with Crippen molar-refractivity contribution in [1.82, 2.24) is 4.98 Å². The molecule has 1 aliphatic rings. The lowest BCUT2D eigenvalue weighted by molar-refractivity contribution is -0.141. The zero-order chi connectivity index (χ0) is 13.1. The number of nitrogens with zero attached hydrogens (tertiary/aromatic N) is 1. The van der Waals surface area contributed by atoms with Gasteiger partial charge in [-0.3, -0.25) is 9.59 Å². The van der Waals surface area contributed by atoms with Gasteiger partial charge in [-0.25, -0.2) is 4.98 Å². The summed E-state index contributed by atoms with van der Waals surface area (Å²) in [5.41, 5.74) is 5.58. The molecule has 18 heavy (non-hydrogen) atoms. The predicted octanol–water partition coefficient (Wildman–Crippen LogP) is 0.846. The summed E-state index contributed by atoms with van der Waals surface area (Å²) in [6, 6.07) is 3.26. The zero-order valence-corrected chi connectivity index (χ0v) is 9.80. The van der Waals surface area contributed by atoms with Gasteiger partial charge in [-0.15, -0.1) is 0 Å². The third-order valence-corrected chi connectivity index (χ3v) is 3.20. The molecule has 6 nitrogen and oxygen atoms in total. The van der Waals surface area contributed by atoms with Crippen LogP contribution in [0.4, 0.5) is 5.82 Å². The van der Waals surface area contributed by atoms with Gasteiger partial charge >= 0.3 is 5.97 Å².